The number of carboxylic acids is 1. The van der Waals surface area contributed by atoms with Crippen LogP contribution in [0.1, 0.15) is 261 Å². The van der Waals surface area contributed by atoms with Crippen molar-refractivity contribution in [3.8, 4) is 0 Å². The Bertz CT molecular complexity index is 1870. The molecule has 1 amide bonds. The van der Waals surface area contributed by atoms with E-state index in [0.717, 1.165) is 91.0 Å². The summed E-state index contributed by atoms with van der Waals surface area (Å²) in [5.74, 6) is -1.10. The molecule has 0 aliphatic carbocycles. The molecule has 0 aromatic heterocycles. The molecule has 12 nitrogen and oxygen atoms in total. The van der Waals surface area contributed by atoms with Gasteiger partial charge in [0.2, 0.25) is 5.91 Å². The van der Waals surface area contributed by atoms with E-state index in [1.54, 1.807) is 0 Å². The summed E-state index contributed by atoms with van der Waals surface area (Å²) in [5, 5.41) is 11.6. The molecule has 86 heavy (non-hydrogen) atoms. The first-order valence-corrected chi connectivity index (χ1v) is 35.1. The summed E-state index contributed by atoms with van der Waals surface area (Å²) in [4.78, 5) is 24.8. The summed E-state index contributed by atoms with van der Waals surface area (Å²) in [6, 6.07) is 32.7. The summed E-state index contributed by atoms with van der Waals surface area (Å²) in [5.41, 5.74) is 3.06. The fourth-order valence-electron chi connectivity index (χ4n) is 11.9. The minimum Gasteiger partial charge on any atom is -0.481 e. The largest absolute Gasteiger partial charge is 0.481 e. The third-order valence-electron chi connectivity index (χ3n) is 17.0. The first kappa shape index (κ1) is 74.7. The number of nitrogens with zero attached hydrogens (tertiary/aromatic N) is 1. The fourth-order valence-corrected chi connectivity index (χ4v) is 11.9. The molecule has 0 spiro atoms. The standard InChI is InChI=1S/C74H122N2O10/c77-72(51-52-73(78)79)75-54-39-24-18-12-11-17-23-29-44-61-86-71-53-62-80-57-40-25-19-13-7-3-1-5-9-15-21-27-42-59-82-66-84-63-55-76(74(68-45-33-30-34-46-68,69-47-35-31-36-48-69)70-49-37-32-38-50-70)56-64-85-67-83-60-43-28-22-16-10-6-2-4-8-14-20-26-41-58-81-65-71/h30-38,45-50,71H,1-29,39-44,51-67H2,(H,75,77)(H,78,79). The number of benzene rings is 3. The van der Waals surface area contributed by atoms with E-state index < -0.39 is 11.5 Å². The molecule has 4 rings (SSSR count). The highest BCUT2D eigenvalue weighted by Crippen LogP contribution is 2.42. The minimum absolute atomic E-state index is 0.0617. The number of carbonyl (C=O) groups is 2. The Morgan fingerprint density at radius 2 is 0.767 bits per heavy atom. The normalized spacial score (nSPS) is 19.6. The van der Waals surface area contributed by atoms with Gasteiger partial charge < -0.3 is 43.6 Å². The molecule has 1 atom stereocenters. The van der Waals surface area contributed by atoms with Crippen molar-refractivity contribution in [3.63, 3.8) is 0 Å². The monoisotopic (exact) mass is 1200 g/mol. The van der Waals surface area contributed by atoms with Gasteiger partial charge in [-0.15, -0.1) is 0 Å². The number of amides is 1. The number of rotatable bonds is 20. The van der Waals surface area contributed by atoms with Crippen molar-refractivity contribution in [2.45, 2.75) is 256 Å². The Balaban J connectivity index is 1.14. The topological polar surface area (TPSA) is 134 Å². The Kier molecular flexibility index (Phi) is 47.1. The highest BCUT2D eigenvalue weighted by atomic mass is 16.7. The second kappa shape index (κ2) is 54.2. The van der Waals surface area contributed by atoms with Gasteiger partial charge in [-0.25, -0.2) is 0 Å². The van der Waals surface area contributed by atoms with Crippen molar-refractivity contribution in [1.82, 2.24) is 10.2 Å². The number of hydrogen-bond acceptors (Lipinski definition) is 10. The average Bonchev–Trinajstić information content (AvgIpc) is 1.23. The molecule has 1 saturated heterocycles. The molecular formula is C74H122N2O10. The zero-order chi connectivity index (χ0) is 60.6. The third-order valence-corrected chi connectivity index (χ3v) is 17.0. The number of ether oxygens (including phenoxy) is 7. The molecule has 1 unspecified atom stereocenters. The van der Waals surface area contributed by atoms with Crippen molar-refractivity contribution < 1.29 is 47.9 Å². The summed E-state index contributed by atoms with van der Waals surface area (Å²) in [6.07, 6.45) is 44.6. The molecule has 12 heteroatoms. The molecule has 3 aromatic rings. The van der Waals surface area contributed by atoms with Gasteiger partial charge in [0.25, 0.3) is 0 Å². The van der Waals surface area contributed by atoms with Crippen molar-refractivity contribution in [3.05, 3.63) is 108 Å². The molecule has 1 fully saturated rings. The van der Waals surface area contributed by atoms with Gasteiger partial charge in [0.1, 0.15) is 13.6 Å². The quantitative estimate of drug-likeness (QED) is 0.0827. The van der Waals surface area contributed by atoms with E-state index in [0.29, 0.717) is 53.0 Å². The maximum atomic E-state index is 11.7. The lowest BCUT2D eigenvalue weighted by atomic mass is 9.75. The predicted octanol–water partition coefficient (Wildman–Crippen LogP) is 17.7. The number of nitrogens with one attached hydrogen (secondary N) is 1. The van der Waals surface area contributed by atoms with Crippen LogP contribution in [-0.2, 0) is 48.3 Å². The van der Waals surface area contributed by atoms with Crippen molar-refractivity contribution in [1.29, 1.82) is 0 Å². The van der Waals surface area contributed by atoms with E-state index in [9.17, 15) is 9.59 Å². The minimum atomic E-state index is -0.929. The Labute approximate surface area is 523 Å². The Hall–Kier alpha value is -3.72. The van der Waals surface area contributed by atoms with Gasteiger partial charge in [-0.2, -0.15) is 0 Å². The SMILES string of the molecule is O=C(O)CCC(=O)NCCCCCCCCCCCOC1CCOCCCCCCCCCCCCCCCOCOCCN(C(c2ccccc2)(c2ccccc2)c2ccccc2)CCOCOCCCCCCCCCCCCCCCOC1. The van der Waals surface area contributed by atoms with E-state index in [1.807, 2.05) is 0 Å². The molecule has 488 valence electrons. The van der Waals surface area contributed by atoms with Crippen LogP contribution < -0.4 is 5.32 Å². The van der Waals surface area contributed by atoms with E-state index in [-0.39, 0.29) is 24.9 Å². The van der Waals surface area contributed by atoms with Crippen molar-refractivity contribution in [2.24, 2.45) is 0 Å². The highest BCUT2D eigenvalue weighted by Gasteiger charge is 2.42. The second-order valence-electron chi connectivity index (χ2n) is 24.3. The maximum absolute atomic E-state index is 11.7. The lowest BCUT2D eigenvalue weighted by Crippen LogP contribution is -2.50. The first-order valence-electron chi connectivity index (χ1n) is 35.1. The van der Waals surface area contributed by atoms with Gasteiger partial charge in [-0.3, -0.25) is 14.5 Å². The number of carboxylic acid groups (broad SMARTS) is 1. The van der Waals surface area contributed by atoms with Gasteiger partial charge >= 0.3 is 5.97 Å². The fraction of sp³-hybridized carbons (Fsp3) is 0.730. The second-order valence-corrected chi connectivity index (χ2v) is 24.3. The van der Waals surface area contributed by atoms with Gasteiger partial charge in [0.15, 0.2) is 0 Å². The summed E-state index contributed by atoms with van der Waals surface area (Å²) in [6.45, 7) is 9.00. The zero-order valence-corrected chi connectivity index (χ0v) is 54.1. The first-order chi connectivity index (χ1) is 42.6. The summed E-state index contributed by atoms with van der Waals surface area (Å²) < 4.78 is 43.3. The molecule has 2 N–H and O–H groups in total. The average molecular weight is 1200 g/mol. The molecule has 0 saturated carbocycles. The molecule has 0 bridgehead atoms. The Morgan fingerprint density at radius 1 is 0.419 bits per heavy atom. The van der Waals surface area contributed by atoms with E-state index in [2.05, 4.69) is 101 Å². The summed E-state index contributed by atoms with van der Waals surface area (Å²) >= 11 is 0. The molecule has 1 aliphatic rings. The number of unbranched alkanes of at least 4 members (excludes halogenated alkanes) is 8. The molecule has 0 radical (unpaired) electrons. The van der Waals surface area contributed by atoms with Crippen molar-refractivity contribution >= 4 is 11.9 Å². The zero-order valence-electron chi connectivity index (χ0n) is 54.1. The van der Waals surface area contributed by atoms with Crippen LogP contribution in [-0.4, -0.2) is 121 Å². The maximum Gasteiger partial charge on any atom is 0.303 e. The van der Waals surface area contributed by atoms with Gasteiger partial charge in [-0.05, 0) is 61.6 Å². The summed E-state index contributed by atoms with van der Waals surface area (Å²) in [7, 11) is 0. The van der Waals surface area contributed by atoms with Gasteiger partial charge in [0, 0.05) is 65.7 Å². The smallest absolute Gasteiger partial charge is 0.303 e. The van der Waals surface area contributed by atoms with Crippen LogP contribution in [0.25, 0.3) is 0 Å². The highest BCUT2D eigenvalue weighted by molar-refractivity contribution is 5.80. The van der Waals surface area contributed by atoms with E-state index in [4.69, 9.17) is 38.3 Å². The van der Waals surface area contributed by atoms with Crippen LogP contribution in [0.15, 0.2) is 91.0 Å². The third kappa shape index (κ3) is 37.3. The van der Waals surface area contributed by atoms with Crippen LogP contribution in [0.3, 0.4) is 0 Å². The van der Waals surface area contributed by atoms with Crippen LogP contribution in [0.2, 0.25) is 0 Å². The van der Waals surface area contributed by atoms with E-state index >= 15 is 0 Å². The lowest BCUT2D eigenvalue weighted by molar-refractivity contribution is -0.138. The van der Waals surface area contributed by atoms with Crippen LogP contribution in [0.4, 0.5) is 0 Å². The molecule has 1 heterocycles. The molecule has 3 aromatic carbocycles. The number of hydrogen-bond donors (Lipinski definition) is 2. The van der Waals surface area contributed by atoms with Crippen LogP contribution in [0.5, 0.6) is 0 Å². The van der Waals surface area contributed by atoms with Crippen LogP contribution >= 0.6 is 0 Å². The predicted molar refractivity (Wildman–Crippen MR) is 352 cm³/mol. The molecular weight excluding hydrogens is 1080 g/mol. The lowest BCUT2D eigenvalue weighted by Gasteiger charge is -2.45. The van der Waals surface area contributed by atoms with E-state index in [1.165, 1.54) is 196 Å². The van der Waals surface area contributed by atoms with Gasteiger partial charge in [0.05, 0.1) is 37.9 Å². The Morgan fingerprint density at radius 3 is 1.17 bits per heavy atom. The van der Waals surface area contributed by atoms with Gasteiger partial charge in [-0.1, -0.05) is 277 Å². The number of carbonyl (C=O) groups excluding carboxylic acids is 1. The number of aliphatic carboxylic acids is 1. The van der Waals surface area contributed by atoms with Crippen molar-refractivity contribution in [2.75, 3.05) is 92.7 Å². The molecule has 1 aliphatic heterocycles. The van der Waals surface area contributed by atoms with Crippen LogP contribution in [0, 0.1) is 0 Å².